The molecule has 0 fully saturated rings. The lowest BCUT2D eigenvalue weighted by atomic mass is 10.1. The fourth-order valence-corrected chi connectivity index (χ4v) is 1.10. The lowest BCUT2D eigenvalue weighted by molar-refractivity contribution is 0.411. The molecule has 0 aliphatic rings. The first-order valence-corrected chi connectivity index (χ1v) is 4.88. The van der Waals surface area contributed by atoms with Crippen LogP contribution in [0.2, 0.25) is 0 Å². The first-order valence-electron chi connectivity index (χ1n) is 4.88. The molecule has 0 aliphatic carbocycles. The molecule has 0 radical (unpaired) electrons. The average molecular weight is 183 g/mol. The Morgan fingerprint density at radius 2 is 1.85 bits per heavy atom. The van der Waals surface area contributed by atoms with E-state index in [1.165, 1.54) is 5.57 Å². The Kier molecular flexibility index (Phi) is 7.41. The highest BCUT2D eigenvalue weighted by Crippen LogP contribution is 2.06. The van der Waals surface area contributed by atoms with Crippen LogP contribution in [0.3, 0.4) is 0 Å². The van der Waals surface area contributed by atoms with Crippen molar-refractivity contribution in [2.45, 2.75) is 39.5 Å². The molecule has 0 heterocycles. The molecule has 76 valence electrons. The summed E-state index contributed by atoms with van der Waals surface area (Å²) in [6, 6.07) is 0. The van der Waals surface area contributed by atoms with Crippen LogP contribution in [-0.2, 0) is 0 Å². The van der Waals surface area contributed by atoms with Crippen molar-refractivity contribution in [3.05, 3.63) is 23.5 Å². The van der Waals surface area contributed by atoms with Gasteiger partial charge in [-0.05, 0) is 52.2 Å². The number of unbranched alkanes of at least 4 members (excludes halogenated alkanes) is 1. The van der Waals surface area contributed by atoms with Gasteiger partial charge in [0, 0.05) is 0 Å². The summed E-state index contributed by atoms with van der Waals surface area (Å²) in [6.45, 7) is 4.59. The molecule has 0 saturated carbocycles. The van der Waals surface area contributed by atoms with Gasteiger partial charge in [0.15, 0.2) is 0 Å². The molecular weight excluding hydrogens is 162 g/mol. The molecule has 0 spiro atoms. The Labute approximate surface area is 81.1 Å². The summed E-state index contributed by atoms with van der Waals surface area (Å²) in [5, 5.41) is 8.88. The van der Waals surface area contributed by atoms with Gasteiger partial charge in [-0.15, -0.1) is 0 Å². The van der Waals surface area contributed by atoms with E-state index in [1.54, 1.807) is 6.92 Å². The third kappa shape index (κ3) is 9.15. The molecule has 0 aromatic carbocycles. The molecule has 13 heavy (non-hydrogen) atoms. The van der Waals surface area contributed by atoms with E-state index in [0.29, 0.717) is 5.76 Å². The quantitative estimate of drug-likeness (QED) is 0.378. The van der Waals surface area contributed by atoms with Gasteiger partial charge in [-0.2, -0.15) is 0 Å². The number of aliphatic hydroxyl groups is 1. The number of rotatable bonds is 6. The number of aliphatic hydroxyl groups excluding tert-OH is 1. The van der Waals surface area contributed by atoms with E-state index in [1.807, 2.05) is 6.08 Å². The minimum atomic E-state index is 0.410. The number of allylic oxidation sites excluding steroid dienone is 4. The lowest BCUT2D eigenvalue weighted by Gasteiger charge is -1.98. The fraction of sp³-hybridized carbons (Fsp3) is 0.636. The Balaban J connectivity index is 3.53. The normalized spacial score (nSPS) is 13.5. The minimum Gasteiger partial charge on any atom is -0.513 e. The van der Waals surface area contributed by atoms with Gasteiger partial charge in [-0.1, -0.05) is 11.6 Å². The van der Waals surface area contributed by atoms with Crippen LogP contribution in [0.4, 0.5) is 0 Å². The first kappa shape index (κ1) is 12.2. The maximum absolute atomic E-state index is 8.88. The van der Waals surface area contributed by atoms with Crippen molar-refractivity contribution in [3.8, 4) is 0 Å². The molecule has 0 aromatic heterocycles. The molecule has 3 N–H and O–H groups in total. The molecular formula is C11H21NO. The van der Waals surface area contributed by atoms with Crippen molar-refractivity contribution in [2.24, 2.45) is 5.73 Å². The van der Waals surface area contributed by atoms with Crippen LogP contribution < -0.4 is 5.73 Å². The summed E-state index contributed by atoms with van der Waals surface area (Å²) >= 11 is 0. The van der Waals surface area contributed by atoms with Gasteiger partial charge in [-0.3, -0.25) is 0 Å². The van der Waals surface area contributed by atoms with E-state index in [4.69, 9.17) is 10.8 Å². The minimum absolute atomic E-state index is 0.410. The van der Waals surface area contributed by atoms with E-state index >= 15 is 0 Å². The molecule has 0 aliphatic heterocycles. The predicted molar refractivity (Wildman–Crippen MR) is 57.7 cm³/mol. The van der Waals surface area contributed by atoms with E-state index < -0.39 is 0 Å². The molecule has 0 rings (SSSR count). The van der Waals surface area contributed by atoms with Gasteiger partial charge >= 0.3 is 0 Å². The van der Waals surface area contributed by atoms with Gasteiger partial charge in [0.05, 0.1) is 5.76 Å². The largest absolute Gasteiger partial charge is 0.513 e. The highest BCUT2D eigenvalue weighted by molar-refractivity contribution is 4.99. The molecule has 2 heteroatoms. The van der Waals surface area contributed by atoms with Gasteiger partial charge in [0.2, 0.25) is 0 Å². The van der Waals surface area contributed by atoms with Crippen molar-refractivity contribution in [2.75, 3.05) is 6.54 Å². The van der Waals surface area contributed by atoms with E-state index in [2.05, 4.69) is 13.0 Å². The summed E-state index contributed by atoms with van der Waals surface area (Å²) in [5.74, 6) is 0.410. The summed E-state index contributed by atoms with van der Waals surface area (Å²) < 4.78 is 0. The lowest BCUT2D eigenvalue weighted by Crippen LogP contribution is -1.97. The van der Waals surface area contributed by atoms with Crippen molar-refractivity contribution < 1.29 is 5.11 Å². The molecule has 0 atom stereocenters. The number of hydrogen-bond donors (Lipinski definition) is 2. The highest BCUT2D eigenvalue weighted by atomic mass is 16.3. The summed E-state index contributed by atoms with van der Waals surface area (Å²) in [4.78, 5) is 0. The van der Waals surface area contributed by atoms with Crippen LogP contribution in [0.15, 0.2) is 23.5 Å². The molecule has 0 amide bonds. The van der Waals surface area contributed by atoms with Gasteiger partial charge in [0.1, 0.15) is 0 Å². The Bertz CT molecular complexity index is 179. The van der Waals surface area contributed by atoms with E-state index in [0.717, 1.165) is 32.2 Å². The molecule has 0 aromatic rings. The van der Waals surface area contributed by atoms with Gasteiger partial charge < -0.3 is 10.8 Å². The van der Waals surface area contributed by atoms with E-state index in [-0.39, 0.29) is 0 Å². The maximum Gasteiger partial charge on any atom is 0.0852 e. The second kappa shape index (κ2) is 7.87. The van der Waals surface area contributed by atoms with Crippen LogP contribution in [0.5, 0.6) is 0 Å². The molecule has 0 bridgehead atoms. The third-order valence-electron chi connectivity index (χ3n) is 1.87. The predicted octanol–water partition coefficient (Wildman–Crippen LogP) is 2.91. The second-order valence-corrected chi connectivity index (χ2v) is 3.37. The van der Waals surface area contributed by atoms with Crippen molar-refractivity contribution >= 4 is 0 Å². The highest BCUT2D eigenvalue weighted by Gasteiger charge is 1.88. The maximum atomic E-state index is 8.88. The van der Waals surface area contributed by atoms with Gasteiger partial charge in [-0.25, -0.2) is 0 Å². The second-order valence-electron chi connectivity index (χ2n) is 3.37. The Hall–Kier alpha value is -0.760. The smallest absolute Gasteiger partial charge is 0.0852 e. The topological polar surface area (TPSA) is 46.2 Å². The summed E-state index contributed by atoms with van der Waals surface area (Å²) in [7, 11) is 0. The molecule has 2 nitrogen and oxygen atoms in total. The standard InChI is InChI=1S/C11H21NO/c1-10(7-5-9-12)6-3-4-8-11(2)13/h6,8,13H,3-5,7,9,12H2,1-2H3/b10-6+,11-8+. The Morgan fingerprint density at radius 1 is 1.23 bits per heavy atom. The van der Waals surface area contributed by atoms with Gasteiger partial charge in [0.25, 0.3) is 0 Å². The molecule has 0 unspecified atom stereocenters. The van der Waals surface area contributed by atoms with Crippen molar-refractivity contribution in [3.63, 3.8) is 0 Å². The SMILES string of the molecule is C/C(O)=C\CC/C=C(\C)CCCN. The summed E-state index contributed by atoms with van der Waals surface area (Å²) in [6.07, 6.45) is 8.15. The fourth-order valence-electron chi connectivity index (χ4n) is 1.10. The van der Waals surface area contributed by atoms with Crippen molar-refractivity contribution in [1.82, 2.24) is 0 Å². The first-order chi connectivity index (χ1) is 6.16. The van der Waals surface area contributed by atoms with Crippen LogP contribution in [-0.4, -0.2) is 11.7 Å². The zero-order chi connectivity index (χ0) is 10.1. The molecule has 0 saturated heterocycles. The van der Waals surface area contributed by atoms with Crippen LogP contribution in [0.1, 0.15) is 39.5 Å². The monoisotopic (exact) mass is 183 g/mol. The zero-order valence-corrected chi connectivity index (χ0v) is 8.71. The van der Waals surface area contributed by atoms with Crippen LogP contribution in [0.25, 0.3) is 0 Å². The van der Waals surface area contributed by atoms with Crippen molar-refractivity contribution in [1.29, 1.82) is 0 Å². The average Bonchev–Trinajstić information content (AvgIpc) is 2.08. The Morgan fingerprint density at radius 3 is 2.38 bits per heavy atom. The third-order valence-corrected chi connectivity index (χ3v) is 1.87. The zero-order valence-electron chi connectivity index (χ0n) is 8.71. The summed E-state index contributed by atoms with van der Waals surface area (Å²) in [5.41, 5.74) is 6.80. The number of hydrogen-bond acceptors (Lipinski definition) is 2. The van der Waals surface area contributed by atoms with Crippen LogP contribution in [0, 0.1) is 0 Å². The number of nitrogens with two attached hydrogens (primary N) is 1. The van der Waals surface area contributed by atoms with E-state index in [9.17, 15) is 0 Å². The van der Waals surface area contributed by atoms with Crippen LogP contribution >= 0.6 is 0 Å².